The minimum Gasteiger partial charge on any atom is -0.481 e. The van der Waals surface area contributed by atoms with Gasteiger partial charge in [0.05, 0.1) is 13.0 Å². The Kier molecular flexibility index (Phi) is 7.03. The van der Waals surface area contributed by atoms with Gasteiger partial charge in [-0.3, -0.25) is 9.59 Å². The van der Waals surface area contributed by atoms with Gasteiger partial charge < -0.3 is 25.2 Å². The molecule has 0 aliphatic heterocycles. The summed E-state index contributed by atoms with van der Waals surface area (Å²) in [5.74, 6) is -1.57. The van der Waals surface area contributed by atoms with Gasteiger partial charge in [-0.05, 0) is 22.3 Å². The fraction of sp³-hybridized carbons (Fsp3) is 0.318. The molecule has 1 unspecified atom stereocenters. The average Bonchev–Trinajstić information content (AvgIpc) is 3.06. The van der Waals surface area contributed by atoms with E-state index < -0.39 is 24.1 Å². The highest BCUT2D eigenvalue weighted by Gasteiger charge is 2.29. The molecule has 0 heterocycles. The number of aliphatic carboxylic acids is 1. The number of fused-ring (bicyclic) bond motifs is 3. The van der Waals surface area contributed by atoms with Crippen molar-refractivity contribution in [3.63, 3.8) is 0 Å². The number of nitrogens with one attached hydrogen (secondary N) is 2. The zero-order valence-corrected chi connectivity index (χ0v) is 16.6. The molecule has 0 bridgehead atoms. The molecule has 1 aliphatic rings. The molecule has 0 saturated heterocycles. The quantitative estimate of drug-likeness (QED) is 0.581. The highest BCUT2D eigenvalue weighted by Crippen LogP contribution is 2.44. The number of methoxy groups -OCH3 is 1. The minimum absolute atomic E-state index is 0.0149. The molecule has 0 saturated carbocycles. The third kappa shape index (κ3) is 4.96. The van der Waals surface area contributed by atoms with E-state index >= 15 is 0 Å². The lowest BCUT2D eigenvalue weighted by molar-refractivity contribution is -0.137. The standard InChI is InChI=1S/C22H24N2O6/c1-29-19(21(27)23-11-10-20(25)26)12-24-22(28)30-13-18-16-8-4-2-6-14(16)15-7-3-5-9-17(15)18/h2-9,18-19H,10-13H2,1H3,(H,23,27)(H,24,28)(H,25,26). The molecule has 0 radical (unpaired) electrons. The van der Waals surface area contributed by atoms with Gasteiger partial charge >= 0.3 is 12.1 Å². The molecule has 30 heavy (non-hydrogen) atoms. The fourth-order valence-electron chi connectivity index (χ4n) is 3.52. The van der Waals surface area contributed by atoms with Crippen LogP contribution >= 0.6 is 0 Å². The molecule has 8 nitrogen and oxygen atoms in total. The van der Waals surface area contributed by atoms with Crippen molar-refractivity contribution in [3.05, 3.63) is 59.7 Å². The van der Waals surface area contributed by atoms with Gasteiger partial charge in [0.15, 0.2) is 6.10 Å². The number of hydrogen-bond acceptors (Lipinski definition) is 5. The van der Waals surface area contributed by atoms with Crippen LogP contribution in [0.15, 0.2) is 48.5 Å². The maximum atomic E-state index is 12.2. The van der Waals surface area contributed by atoms with E-state index in [0.29, 0.717) is 0 Å². The number of amides is 2. The first-order chi connectivity index (χ1) is 14.5. The van der Waals surface area contributed by atoms with Crippen LogP contribution in [-0.4, -0.2) is 56.0 Å². The van der Waals surface area contributed by atoms with Crippen LogP contribution < -0.4 is 10.6 Å². The van der Waals surface area contributed by atoms with Crippen LogP contribution in [0.2, 0.25) is 0 Å². The molecule has 0 spiro atoms. The monoisotopic (exact) mass is 412 g/mol. The maximum absolute atomic E-state index is 12.2. The Morgan fingerprint density at radius 3 is 2.17 bits per heavy atom. The fourth-order valence-corrected chi connectivity index (χ4v) is 3.52. The number of carboxylic acid groups (broad SMARTS) is 1. The van der Waals surface area contributed by atoms with Crippen LogP contribution in [0.3, 0.4) is 0 Å². The highest BCUT2D eigenvalue weighted by atomic mass is 16.5. The lowest BCUT2D eigenvalue weighted by Crippen LogP contribution is -2.44. The molecule has 2 aromatic carbocycles. The molecule has 2 aromatic rings. The van der Waals surface area contributed by atoms with Gasteiger partial charge in [-0.25, -0.2) is 4.79 Å². The second-order valence-corrected chi connectivity index (χ2v) is 6.87. The van der Waals surface area contributed by atoms with Crippen LogP contribution in [0.5, 0.6) is 0 Å². The first-order valence-electron chi connectivity index (χ1n) is 9.62. The molecule has 2 amide bonds. The van der Waals surface area contributed by atoms with Crippen molar-refractivity contribution in [1.29, 1.82) is 0 Å². The SMILES string of the molecule is COC(CNC(=O)OCC1c2ccccc2-c2ccccc21)C(=O)NCCC(=O)O. The molecule has 0 fully saturated rings. The second-order valence-electron chi connectivity index (χ2n) is 6.87. The summed E-state index contributed by atoms with van der Waals surface area (Å²) in [7, 11) is 1.33. The zero-order valence-electron chi connectivity index (χ0n) is 16.6. The van der Waals surface area contributed by atoms with Crippen molar-refractivity contribution in [2.24, 2.45) is 0 Å². The number of carboxylic acids is 1. The molecule has 8 heteroatoms. The third-order valence-electron chi connectivity index (χ3n) is 4.99. The van der Waals surface area contributed by atoms with E-state index in [1.807, 2.05) is 36.4 Å². The van der Waals surface area contributed by atoms with Crippen LogP contribution in [0.1, 0.15) is 23.5 Å². The summed E-state index contributed by atoms with van der Waals surface area (Å²) < 4.78 is 10.5. The zero-order chi connectivity index (χ0) is 21.5. The number of rotatable bonds is 9. The second kappa shape index (κ2) is 9.89. The van der Waals surface area contributed by atoms with Crippen molar-refractivity contribution in [2.45, 2.75) is 18.4 Å². The Balaban J connectivity index is 1.52. The molecule has 158 valence electrons. The minimum atomic E-state index is -1.01. The summed E-state index contributed by atoms with van der Waals surface area (Å²) >= 11 is 0. The van der Waals surface area contributed by atoms with E-state index in [0.717, 1.165) is 22.3 Å². The van der Waals surface area contributed by atoms with Crippen LogP contribution in [0, 0.1) is 0 Å². The summed E-state index contributed by atoms with van der Waals surface area (Å²) in [4.78, 5) is 34.7. The van der Waals surface area contributed by atoms with Crippen molar-refractivity contribution < 1.29 is 29.0 Å². The molecule has 0 aromatic heterocycles. The predicted octanol–water partition coefficient (Wildman–Crippen LogP) is 2.13. The molecule has 1 aliphatic carbocycles. The number of hydrogen-bond donors (Lipinski definition) is 3. The largest absolute Gasteiger partial charge is 0.481 e. The lowest BCUT2D eigenvalue weighted by atomic mass is 9.98. The van der Waals surface area contributed by atoms with Crippen LogP contribution in [0.25, 0.3) is 11.1 Å². The summed E-state index contributed by atoms with van der Waals surface area (Å²) in [6, 6.07) is 16.1. The Morgan fingerprint density at radius 1 is 1.00 bits per heavy atom. The number of carbonyl (C=O) groups is 3. The Hall–Kier alpha value is -3.39. The smallest absolute Gasteiger partial charge is 0.407 e. The average molecular weight is 412 g/mol. The van der Waals surface area contributed by atoms with Crippen molar-refractivity contribution in [3.8, 4) is 11.1 Å². The number of ether oxygens (including phenoxy) is 2. The number of alkyl carbamates (subject to hydrolysis) is 1. The molecule has 3 rings (SSSR count). The number of benzene rings is 2. The van der Waals surface area contributed by atoms with Gasteiger partial charge in [0.1, 0.15) is 6.61 Å². The van der Waals surface area contributed by atoms with E-state index in [-0.39, 0.29) is 32.0 Å². The third-order valence-corrected chi connectivity index (χ3v) is 4.99. The summed E-state index contributed by atoms with van der Waals surface area (Å²) in [6.07, 6.45) is -1.79. The normalized spacial score (nSPS) is 13.1. The first-order valence-corrected chi connectivity index (χ1v) is 9.62. The van der Waals surface area contributed by atoms with Crippen molar-refractivity contribution >= 4 is 18.0 Å². The van der Waals surface area contributed by atoms with Crippen LogP contribution in [-0.2, 0) is 19.1 Å². The summed E-state index contributed by atoms with van der Waals surface area (Å²) in [5, 5.41) is 13.6. The Bertz CT molecular complexity index is 884. The van der Waals surface area contributed by atoms with E-state index in [2.05, 4.69) is 22.8 Å². The van der Waals surface area contributed by atoms with E-state index in [4.69, 9.17) is 14.6 Å². The van der Waals surface area contributed by atoms with Gasteiger partial charge in [-0.15, -0.1) is 0 Å². The van der Waals surface area contributed by atoms with Gasteiger partial charge in [0, 0.05) is 19.6 Å². The maximum Gasteiger partial charge on any atom is 0.407 e. The molecular formula is C22H24N2O6. The summed E-state index contributed by atoms with van der Waals surface area (Å²) in [5.41, 5.74) is 4.50. The van der Waals surface area contributed by atoms with E-state index in [1.165, 1.54) is 7.11 Å². The first kappa shape index (κ1) is 21.3. The van der Waals surface area contributed by atoms with E-state index in [9.17, 15) is 14.4 Å². The van der Waals surface area contributed by atoms with Crippen molar-refractivity contribution in [1.82, 2.24) is 10.6 Å². The molecular weight excluding hydrogens is 388 g/mol. The highest BCUT2D eigenvalue weighted by molar-refractivity contribution is 5.82. The van der Waals surface area contributed by atoms with Gasteiger partial charge in [-0.2, -0.15) is 0 Å². The summed E-state index contributed by atoms with van der Waals surface area (Å²) in [6.45, 7) is 0.0629. The lowest BCUT2D eigenvalue weighted by Gasteiger charge is -2.17. The van der Waals surface area contributed by atoms with Gasteiger partial charge in [0.25, 0.3) is 5.91 Å². The van der Waals surface area contributed by atoms with E-state index in [1.54, 1.807) is 0 Å². The van der Waals surface area contributed by atoms with Crippen LogP contribution in [0.4, 0.5) is 4.79 Å². The van der Waals surface area contributed by atoms with Gasteiger partial charge in [0.2, 0.25) is 0 Å². The topological polar surface area (TPSA) is 114 Å². The van der Waals surface area contributed by atoms with Gasteiger partial charge in [-0.1, -0.05) is 48.5 Å². The predicted molar refractivity (Wildman–Crippen MR) is 109 cm³/mol. The molecule has 3 N–H and O–H groups in total. The Morgan fingerprint density at radius 2 is 1.60 bits per heavy atom. The molecule has 1 atom stereocenters. The van der Waals surface area contributed by atoms with Crippen molar-refractivity contribution in [2.75, 3.05) is 26.8 Å². The Labute approximate surface area is 174 Å². The number of carbonyl (C=O) groups excluding carboxylic acids is 2.